The summed E-state index contributed by atoms with van der Waals surface area (Å²) in [5, 5.41) is 12.1. The largest absolute Gasteiger partial charge is 0.497 e. The van der Waals surface area contributed by atoms with Gasteiger partial charge >= 0.3 is 0 Å². The number of nitrogens with zero attached hydrogens (tertiary/aromatic N) is 3. The third-order valence-electron chi connectivity index (χ3n) is 7.41. The molecule has 0 unspecified atom stereocenters. The molecule has 8 heteroatoms. The lowest BCUT2D eigenvalue weighted by Crippen LogP contribution is -2.35. The summed E-state index contributed by atoms with van der Waals surface area (Å²) in [5.41, 5.74) is 5.90. The number of rotatable bonds is 6. The van der Waals surface area contributed by atoms with Crippen molar-refractivity contribution in [1.29, 1.82) is 0 Å². The van der Waals surface area contributed by atoms with E-state index < -0.39 is 5.54 Å². The molecule has 0 bridgehead atoms. The van der Waals surface area contributed by atoms with Gasteiger partial charge in [0.05, 0.1) is 29.5 Å². The molecule has 3 heterocycles. The number of hydrogen-bond donors (Lipinski definition) is 3. The van der Waals surface area contributed by atoms with Crippen LogP contribution in [0.4, 0.5) is 0 Å². The first-order chi connectivity index (χ1) is 20.6. The number of methoxy groups -OCH3 is 1. The fourth-order valence-electron chi connectivity index (χ4n) is 4.89. The zero-order valence-electron chi connectivity index (χ0n) is 24.0. The summed E-state index contributed by atoms with van der Waals surface area (Å²) in [6, 6.07) is 25.9. The van der Waals surface area contributed by atoms with Crippen LogP contribution in [-0.4, -0.2) is 40.6 Å². The summed E-state index contributed by atoms with van der Waals surface area (Å²) >= 11 is 3.53. The van der Waals surface area contributed by atoms with E-state index in [1.807, 2.05) is 78.6 Å². The van der Waals surface area contributed by atoms with Gasteiger partial charge < -0.3 is 15.4 Å². The number of carbonyl (C=O) groups excluding carboxylic acids is 1. The third-order valence-corrected chi connectivity index (χ3v) is 7.41. The van der Waals surface area contributed by atoms with Gasteiger partial charge in [-0.1, -0.05) is 30.3 Å². The Morgan fingerprint density at radius 1 is 1.02 bits per heavy atom. The van der Waals surface area contributed by atoms with Crippen molar-refractivity contribution in [3.8, 4) is 22.7 Å². The molecule has 0 atom stereocenters. The predicted octanol–water partition coefficient (Wildman–Crippen LogP) is 6.47. The van der Waals surface area contributed by atoms with Crippen LogP contribution in [0.25, 0.3) is 27.8 Å². The van der Waals surface area contributed by atoms with Gasteiger partial charge in [0.2, 0.25) is 0 Å². The van der Waals surface area contributed by atoms with Gasteiger partial charge in [-0.3, -0.25) is 9.78 Å². The monoisotopic (exact) mass is 577 g/mol. The summed E-state index contributed by atoms with van der Waals surface area (Å²) in [7, 11) is 1.61. The highest BCUT2D eigenvalue weighted by molar-refractivity contribution is 7.79. The first kappa shape index (κ1) is 29.0. The second-order valence-corrected chi connectivity index (χ2v) is 10.1. The average Bonchev–Trinajstić information content (AvgIpc) is 3.60. The number of aryl methyl sites for hydroxylation is 1. The first-order valence-electron chi connectivity index (χ1n) is 13.9. The van der Waals surface area contributed by atoms with Crippen LogP contribution in [0.2, 0.25) is 0 Å². The maximum Gasteiger partial charge on any atom is 0.252 e. The predicted molar refractivity (Wildman–Crippen MR) is 172 cm³/mol. The van der Waals surface area contributed by atoms with E-state index in [-0.39, 0.29) is 5.91 Å². The highest BCUT2D eigenvalue weighted by atomic mass is 32.1. The standard InChI is InChI=1S/C30H26N4O2.C3H5N.CH4S/c1-20-10-11-23(36-2)19-25(20)29(35)32-30(13-14-30)26-17-21(18-28-24(26)9-6-15-31-28)27-12-16-34(33-27)22-7-4-3-5-8-22;1-2-4-3-1;1-2/h3-12,15-19H,13-14H2,1-2H3,(H,32,35);1-2,4H,3H2;2H,1H3. The van der Waals surface area contributed by atoms with Gasteiger partial charge in [0.1, 0.15) is 5.75 Å². The molecule has 5 aromatic rings. The number of para-hydroxylation sites is 1. The molecule has 1 aliphatic carbocycles. The normalized spacial score (nSPS) is 13.8. The topological polar surface area (TPSA) is 81.1 Å². The zero-order chi connectivity index (χ0) is 29.5. The minimum atomic E-state index is -0.439. The quantitative estimate of drug-likeness (QED) is 0.202. The van der Waals surface area contributed by atoms with E-state index in [0.717, 1.165) is 58.4 Å². The molecule has 1 fully saturated rings. The molecule has 1 saturated carbocycles. The molecule has 0 saturated heterocycles. The summed E-state index contributed by atoms with van der Waals surface area (Å²) in [6.45, 7) is 3.01. The Hall–Kier alpha value is -4.56. The van der Waals surface area contributed by atoms with E-state index in [2.05, 4.69) is 52.5 Å². The van der Waals surface area contributed by atoms with Crippen molar-refractivity contribution < 1.29 is 9.53 Å². The van der Waals surface area contributed by atoms with Crippen LogP contribution in [0.15, 0.2) is 104 Å². The molecule has 3 aromatic carbocycles. The Morgan fingerprint density at radius 2 is 1.76 bits per heavy atom. The number of ether oxygens (including phenoxy) is 1. The molecule has 1 amide bonds. The molecule has 42 heavy (non-hydrogen) atoms. The van der Waals surface area contributed by atoms with Gasteiger partial charge in [0.25, 0.3) is 5.91 Å². The summed E-state index contributed by atoms with van der Waals surface area (Å²) in [5.74, 6) is 0.570. The zero-order valence-corrected chi connectivity index (χ0v) is 24.9. The Kier molecular flexibility index (Phi) is 8.93. The van der Waals surface area contributed by atoms with Crippen LogP contribution in [0.1, 0.15) is 34.3 Å². The van der Waals surface area contributed by atoms with Crippen LogP contribution < -0.4 is 15.4 Å². The molecule has 2 aromatic heterocycles. The maximum atomic E-state index is 13.4. The molecular formula is C34H35N5O2S. The molecule has 214 valence electrons. The Labute approximate surface area is 252 Å². The van der Waals surface area contributed by atoms with Gasteiger partial charge in [0, 0.05) is 35.5 Å². The Morgan fingerprint density at radius 3 is 2.43 bits per heavy atom. The van der Waals surface area contributed by atoms with Crippen LogP contribution >= 0.6 is 12.6 Å². The molecule has 1 aliphatic heterocycles. The number of fused-ring (bicyclic) bond motifs is 1. The van der Waals surface area contributed by atoms with Gasteiger partial charge in [-0.25, -0.2) is 4.68 Å². The fraction of sp³-hybridized carbons (Fsp3) is 0.206. The molecule has 0 spiro atoms. The minimum Gasteiger partial charge on any atom is -0.497 e. The number of thiol groups is 1. The Balaban J connectivity index is 0.000000534. The fourth-order valence-corrected chi connectivity index (χ4v) is 4.89. The minimum absolute atomic E-state index is 0.0975. The lowest BCUT2D eigenvalue weighted by atomic mass is 9.95. The van der Waals surface area contributed by atoms with Crippen molar-refractivity contribution in [2.45, 2.75) is 25.3 Å². The van der Waals surface area contributed by atoms with Gasteiger partial charge in [-0.15, -0.1) is 0 Å². The van der Waals surface area contributed by atoms with Crippen LogP contribution in [-0.2, 0) is 5.54 Å². The van der Waals surface area contributed by atoms with E-state index in [1.54, 1.807) is 25.6 Å². The smallest absolute Gasteiger partial charge is 0.252 e. The van der Waals surface area contributed by atoms with E-state index in [0.29, 0.717) is 11.3 Å². The van der Waals surface area contributed by atoms with E-state index in [4.69, 9.17) is 9.84 Å². The molecule has 2 aliphatic rings. The second kappa shape index (κ2) is 13.0. The maximum absolute atomic E-state index is 13.4. The Bertz CT molecular complexity index is 1700. The molecule has 7 rings (SSSR count). The van der Waals surface area contributed by atoms with Crippen molar-refractivity contribution in [1.82, 2.24) is 25.4 Å². The third kappa shape index (κ3) is 6.19. The number of carbonyl (C=O) groups is 1. The lowest BCUT2D eigenvalue weighted by Gasteiger charge is -2.21. The van der Waals surface area contributed by atoms with Crippen molar-refractivity contribution >= 4 is 29.4 Å². The van der Waals surface area contributed by atoms with Crippen LogP contribution in [0, 0.1) is 6.92 Å². The van der Waals surface area contributed by atoms with Gasteiger partial charge in [-0.2, -0.15) is 17.7 Å². The number of pyridine rings is 1. The highest BCUT2D eigenvalue weighted by Gasteiger charge is 2.47. The van der Waals surface area contributed by atoms with Crippen LogP contribution in [0.3, 0.4) is 0 Å². The number of aromatic nitrogens is 3. The summed E-state index contributed by atoms with van der Waals surface area (Å²) in [4.78, 5) is 18.1. The molecule has 0 radical (unpaired) electrons. The van der Waals surface area contributed by atoms with Gasteiger partial charge in [0.15, 0.2) is 0 Å². The lowest BCUT2D eigenvalue weighted by molar-refractivity contribution is 0.0930. The van der Waals surface area contributed by atoms with Crippen molar-refractivity contribution in [3.05, 3.63) is 120 Å². The van der Waals surface area contributed by atoms with Crippen molar-refractivity contribution in [2.75, 3.05) is 19.9 Å². The first-order valence-corrected chi connectivity index (χ1v) is 14.8. The van der Waals surface area contributed by atoms with Crippen molar-refractivity contribution in [3.63, 3.8) is 0 Å². The number of benzene rings is 3. The van der Waals surface area contributed by atoms with E-state index in [1.165, 1.54) is 0 Å². The number of amides is 1. The second-order valence-electron chi connectivity index (χ2n) is 10.1. The van der Waals surface area contributed by atoms with E-state index >= 15 is 0 Å². The highest BCUT2D eigenvalue weighted by Crippen LogP contribution is 2.49. The van der Waals surface area contributed by atoms with E-state index in [9.17, 15) is 4.79 Å². The summed E-state index contributed by atoms with van der Waals surface area (Å²) < 4.78 is 7.22. The number of nitrogens with one attached hydrogen (secondary N) is 2. The van der Waals surface area contributed by atoms with Crippen LogP contribution in [0.5, 0.6) is 5.75 Å². The average molecular weight is 578 g/mol. The molecule has 7 nitrogen and oxygen atoms in total. The molecular weight excluding hydrogens is 542 g/mol. The summed E-state index contributed by atoms with van der Waals surface area (Å²) in [6.07, 6.45) is 11.2. The van der Waals surface area contributed by atoms with Gasteiger partial charge in [-0.05, 0) is 98.0 Å². The molecule has 2 N–H and O–H groups in total. The number of hydrogen-bond acceptors (Lipinski definition) is 6. The van der Waals surface area contributed by atoms with Crippen molar-refractivity contribution in [2.24, 2.45) is 0 Å². The SMILES string of the molecule is C1=CNC1.COc1ccc(C)c(C(=O)NC2(c3cc(-c4ccn(-c5ccccc5)n4)cc4ncccc34)CC2)c1.CS.